The second-order valence-corrected chi connectivity index (χ2v) is 15.3. The van der Waals surface area contributed by atoms with Crippen molar-refractivity contribution in [3.05, 3.63) is 237 Å². The molecule has 11 rings (SSSR count). The second kappa shape index (κ2) is 15.1. The summed E-state index contributed by atoms with van der Waals surface area (Å²) in [6.07, 6.45) is 0. The van der Waals surface area contributed by atoms with Crippen LogP contribution in [0.4, 0.5) is 17.1 Å². The minimum atomic E-state index is 0.859. The van der Waals surface area contributed by atoms with E-state index in [1.165, 1.54) is 54.9 Å². The van der Waals surface area contributed by atoms with E-state index in [0.29, 0.717) is 0 Å². The van der Waals surface area contributed by atoms with Crippen molar-refractivity contribution in [1.29, 1.82) is 0 Å². The highest BCUT2D eigenvalue weighted by Crippen LogP contribution is 2.44. The normalized spacial score (nSPS) is 11.3. The van der Waals surface area contributed by atoms with Gasteiger partial charge >= 0.3 is 0 Å². The molecule has 0 saturated heterocycles. The van der Waals surface area contributed by atoms with Crippen LogP contribution in [0.5, 0.6) is 0 Å². The molecule has 0 spiro atoms. The van der Waals surface area contributed by atoms with E-state index in [4.69, 9.17) is 4.42 Å². The fourth-order valence-electron chi connectivity index (χ4n) is 8.66. The van der Waals surface area contributed by atoms with Crippen molar-refractivity contribution >= 4 is 49.6 Å². The lowest BCUT2D eigenvalue weighted by Crippen LogP contribution is -2.10. The van der Waals surface area contributed by atoms with E-state index >= 15 is 0 Å². The summed E-state index contributed by atoms with van der Waals surface area (Å²) >= 11 is 0. The molecule has 2 nitrogen and oxygen atoms in total. The first-order valence-electron chi connectivity index (χ1n) is 20.5. The molecule has 2 heteroatoms. The van der Waals surface area contributed by atoms with E-state index in [9.17, 15) is 0 Å². The van der Waals surface area contributed by atoms with Gasteiger partial charge in [0.05, 0.1) is 0 Å². The van der Waals surface area contributed by atoms with Gasteiger partial charge in [0, 0.05) is 33.6 Å². The first-order valence-corrected chi connectivity index (χ1v) is 20.5. The van der Waals surface area contributed by atoms with Gasteiger partial charge in [-0.2, -0.15) is 0 Å². The predicted octanol–water partition coefficient (Wildman–Crippen LogP) is 16.5. The van der Waals surface area contributed by atoms with Crippen LogP contribution in [-0.4, -0.2) is 0 Å². The Morgan fingerprint density at radius 3 is 1.43 bits per heavy atom. The summed E-state index contributed by atoms with van der Waals surface area (Å²) in [5.74, 6) is 0.859. The second-order valence-electron chi connectivity index (χ2n) is 15.3. The minimum Gasteiger partial charge on any atom is -0.455 e. The molecule has 282 valence electrons. The first kappa shape index (κ1) is 35.2. The zero-order chi connectivity index (χ0) is 39.8. The summed E-state index contributed by atoms with van der Waals surface area (Å²) in [6.45, 7) is 0. The van der Waals surface area contributed by atoms with Crippen LogP contribution in [0.25, 0.3) is 88.3 Å². The fraction of sp³-hybridized carbons (Fsp3) is 0. The Morgan fingerprint density at radius 1 is 0.267 bits per heavy atom. The molecule has 0 aliphatic heterocycles. The number of benzene rings is 10. The third-order valence-corrected chi connectivity index (χ3v) is 11.7. The molecule has 10 aromatic carbocycles. The van der Waals surface area contributed by atoms with Crippen LogP contribution in [0.1, 0.15) is 0 Å². The number of nitrogens with zero attached hydrogens (tertiary/aromatic N) is 1. The van der Waals surface area contributed by atoms with E-state index in [1.54, 1.807) is 0 Å². The lowest BCUT2D eigenvalue weighted by Gasteiger charge is -2.26. The van der Waals surface area contributed by atoms with E-state index in [2.05, 4.69) is 235 Å². The molecule has 1 aromatic heterocycles. The van der Waals surface area contributed by atoms with Crippen molar-refractivity contribution in [3.8, 4) is 55.8 Å². The molecule has 0 atom stereocenters. The highest BCUT2D eigenvalue weighted by molar-refractivity contribution is 6.08. The minimum absolute atomic E-state index is 0.859. The van der Waals surface area contributed by atoms with Gasteiger partial charge in [0.2, 0.25) is 0 Å². The topological polar surface area (TPSA) is 16.4 Å². The number of hydrogen-bond donors (Lipinski definition) is 0. The van der Waals surface area contributed by atoms with Gasteiger partial charge in [-0.3, -0.25) is 0 Å². The fourth-order valence-corrected chi connectivity index (χ4v) is 8.66. The van der Waals surface area contributed by atoms with Crippen LogP contribution in [0.15, 0.2) is 241 Å². The summed E-state index contributed by atoms with van der Waals surface area (Å²) < 4.78 is 6.69. The number of anilines is 3. The number of fused-ring (bicyclic) bond motifs is 4. The summed E-state index contributed by atoms with van der Waals surface area (Å²) in [6, 6.07) is 84.7. The predicted molar refractivity (Wildman–Crippen MR) is 253 cm³/mol. The summed E-state index contributed by atoms with van der Waals surface area (Å²) in [5.41, 5.74) is 14.4. The smallest absolute Gasteiger partial charge is 0.143 e. The van der Waals surface area contributed by atoms with Gasteiger partial charge in [-0.05, 0) is 109 Å². The molecule has 0 radical (unpaired) electrons. The molecule has 0 saturated carbocycles. The maximum absolute atomic E-state index is 6.69. The van der Waals surface area contributed by atoms with E-state index in [1.807, 2.05) is 6.07 Å². The molecular weight excluding hydrogens is 727 g/mol. The number of rotatable bonds is 8. The van der Waals surface area contributed by atoms with Gasteiger partial charge in [0.15, 0.2) is 0 Å². The maximum Gasteiger partial charge on any atom is 0.143 e. The van der Waals surface area contributed by atoms with Crippen LogP contribution in [0.2, 0.25) is 0 Å². The van der Waals surface area contributed by atoms with Crippen molar-refractivity contribution in [2.75, 3.05) is 4.90 Å². The zero-order valence-electron chi connectivity index (χ0n) is 32.9. The van der Waals surface area contributed by atoms with Crippen LogP contribution >= 0.6 is 0 Å². The Bertz CT molecular complexity index is 3270. The zero-order valence-corrected chi connectivity index (χ0v) is 32.9. The van der Waals surface area contributed by atoms with Crippen LogP contribution in [-0.2, 0) is 0 Å². The molecule has 60 heavy (non-hydrogen) atoms. The van der Waals surface area contributed by atoms with E-state index in [0.717, 1.165) is 50.5 Å². The third-order valence-electron chi connectivity index (χ3n) is 11.7. The van der Waals surface area contributed by atoms with Crippen molar-refractivity contribution in [1.82, 2.24) is 0 Å². The van der Waals surface area contributed by atoms with E-state index < -0.39 is 0 Å². The quantitative estimate of drug-likeness (QED) is 0.143. The highest BCUT2D eigenvalue weighted by Gasteiger charge is 2.20. The van der Waals surface area contributed by atoms with Crippen LogP contribution in [0.3, 0.4) is 0 Å². The molecule has 0 aliphatic rings. The SMILES string of the molecule is c1ccc(-c2ccc(-c3ccc(N(c4ccc(-c5ccc6c(ccc7ccccc76)c5)cc4)c4cccc(-c5oc6ccccc6c5-c5ccccc5)c4)cc3)cc2)cc1. The average Bonchev–Trinajstić information content (AvgIpc) is 3.73. The van der Waals surface area contributed by atoms with Gasteiger partial charge in [0.1, 0.15) is 11.3 Å². The molecular formula is C58H39NO. The van der Waals surface area contributed by atoms with Gasteiger partial charge < -0.3 is 9.32 Å². The highest BCUT2D eigenvalue weighted by atomic mass is 16.3. The molecule has 0 unspecified atom stereocenters. The van der Waals surface area contributed by atoms with Gasteiger partial charge in [-0.25, -0.2) is 0 Å². The number of hydrogen-bond acceptors (Lipinski definition) is 2. The Kier molecular flexibility index (Phi) is 8.87. The standard InChI is InChI=1S/C58H39NO/c1-3-12-40(13-4-1)41-22-24-42(25-23-41)43-28-33-50(34-29-43)59(51-35-30-44(31-36-51)47-32-37-54-48(38-47)27-26-45-14-7-8-19-53(45)54)52-18-11-17-49(39-52)58-57(46-15-5-2-6-16-46)55-20-9-10-21-56(55)60-58/h1-39H. The molecule has 0 fully saturated rings. The summed E-state index contributed by atoms with van der Waals surface area (Å²) in [7, 11) is 0. The lowest BCUT2D eigenvalue weighted by atomic mass is 9.97. The van der Waals surface area contributed by atoms with Crippen LogP contribution < -0.4 is 4.90 Å². The molecule has 0 bridgehead atoms. The lowest BCUT2D eigenvalue weighted by molar-refractivity contribution is 0.632. The van der Waals surface area contributed by atoms with Gasteiger partial charge in [-0.15, -0.1) is 0 Å². The van der Waals surface area contributed by atoms with Crippen molar-refractivity contribution < 1.29 is 4.42 Å². The molecule has 11 aromatic rings. The Balaban J connectivity index is 0.993. The van der Waals surface area contributed by atoms with Crippen molar-refractivity contribution in [2.45, 2.75) is 0 Å². The molecule has 0 amide bonds. The van der Waals surface area contributed by atoms with Crippen molar-refractivity contribution in [3.63, 3.8) is 0 Å². The number of para-hydroxylation sites is 1. The first-order chi connectivity index (χ1) is 29.7. The molecule has 1 heterocycles. The monoisotopic (exact) mass is 765 g/mol. The summed E-state index contributed by atoms with van der Waals surface area (Å²) in [5, 5.41) is 6.16. The Morgan fingerprint density at radius 2 is 0.750 bits per heavy atom. The Hall–Kier alpha value is -7.94. The largest absolute Gasteiger partial charge is 0.455 e. The third kappa shape index (κ3) is 6.51. The Labute approximate surface area is 349 Å². The average molecular weight is 766 g/mol. The van der Waals surface area contributed by atoms with Gasteiger partial charge in [-0.1, -0.05) is 188 Å². The van der Waals surface area contributed by atoms with Crippen molar-refractivity contribution in [2.24, 2.45) is 0 Å². The molecule has 0 aliphatic carbocycles. The summed E-state index contributed by atoms with van der Waals surface area (Å²) in [4.78, 5) is 2.34. The van der Waals surface area contributed by atoms with E-state index in [-0.39, 0.29) is 0 Å². The maximum atomic E-state index is 6.69. The van der Waals surface area contributed by atoms with Gasteiger partial charge in [0.25, 0.3) is 0 Å². The molecule has 0 N–H and O–H groups in total. The number of furan rings is 1. The van der Waals surface area contributed by atoms with Crippen LogP contribution in [0, 0.1) is 0 Å².